The SMILES string of the molecule is CCCCCCCCCN(CCCCCC)c1ccccc1. The van der Waals surface area contributed by atoms with Crippen LogP contribution in [-0.2, 0) is 0 Å². The second-order valence-corrected chi connectivity index (χ2v) is 6.50. The minimum Gasteiger partial charge on any atom is -0.372 e. The highest BCUT2D eigenvalue weighted by Gasteiger charge is 2.05. The maximum absolute atomic E-state index is 2.60. The molecular formula is C21H37N. The number of nitrogens with zero attached hydrogens (tertiary/aromatic N) is 1. The number of hydrogen-bond donors (Lipinski definition) is 0. The number of para-hydroxylation sites is 1. The van der Waals surface area contributed by atoms with E-state index in [0.717, 1.165) is 0 Å². The molecule has 22 heavy (non-hydrogen) atoms. The smallest absolute Gasteiger partial charge is 0.0366 e. The van der Waals surface area contributed by atoms with Crippen LogP contribution in [0.5, 0.6) is 0 Å². The van der Waals surface area contributed by atoms with Gasteiger partial charge in [0.25, 0.3) is 0 Å². The van der Waals surface area contributed by atoms with E-state index in [1.165, 1.54) is 89.4 Å². The van der Waals surface area contributed by atoms with Crippen LogP contribution in [0.4, 0.5) is 5.69 Å². The Kier molecular flexibility index (Phi) is 11.8. The Hall–Kier alpha value is -0.980. The van der Waals surface area contributed by atoms with Gasteiger partial charge in [0.05, 0.1) is 0 Å². The molecule has 0 amide bonds. The Balaban J connectivity index is 2.26. The Bertz CT molecular complexity index is 333. The highest BCUT2D eigenvalue weighted by molar-refractivity contribution is 5.45. The molecule has 1 rings (SSSR count). The van der Waals surface area contributed by atoms with Crippen molar-refractivity contribution in [2.45, 2.75) is 84.5 Å². The minimum atomic E-state index is 1.22. The molecule has 0 aliphatic carbocycles. The van der Waals surface area contributed by atoms with Crippen molar-refractivity contribution in [3.05, 3.63) is 30.3 Å². The summed E-state index contributed by atoms with van der Waals surface area (Å²) >= 11 is 0. The molecule has 0 saturated heterocycles. The highest BCUT2D eigenvalue weighted by atomic mass is 15.1. The normalized spacial score (nSPS) is 10.8. The van der Waals surface area contributed by atoms with Crippen molar-refractivity contribution < 1.29 is 0 Å². The second kappa shape index (κ2) is 13.7. The average Bonchev–Trinajstić information content (AvgIpc) is 2.56. The van der Waals surface area contributed by atoms with Gasteiger partial charge in [-0.1, -0.05) is 89.8 Å². The summed E-state index contributed by atoms with van der Waals surface area (Å²) in [6, 6.07) is 11.0. The van der Waals surface area contributed by atoms with E-state index in [-0.39, 0.29) is 0 Å². The summed E-state index contributed by atoms with van der Waals surface area (Å²) in [5, 5.41) is 0. The Morgan fingerprint density at radius 1 is 0.591 bits per heavy atom. The molecule has 1 nitrogen and oxygen atoms in total. The minimum absolute atomic E-state index is 1.22. The van der Waals surface area contributed by atoms with Crippen LogP contribution in [0, 0.1) is 0 Å². The Morgan fingerprint density at radius 2 is 1.05 bits per heavy atom. The van der Waals surface area contributed by atoms with Gasteiger partial charge in [0.2, 0.25) is 0 Å². The molecule has 0 saturated carbocycles. The van der Waals surface area contributed by atoms with Gasteiger partial charge in [-0.2, -0.15) is 0 Å². The second-order valence-electron chi connectivity index (χ2n) is 6.50. The third-order valence-corrected chi connectivity index (χ3v) is 4.43. The summed E-state index contributed by atoms with van der Waals surface area (Å²) in [6.45, 7) is 7.02. The van der Waals surface area contributed by atoms with Crippen LogP contribution >= 0.6 is 0 Å². The molecule has 0 N–H and O–H groups in total. The van der Waals surface area contributed by atoms with Gasteiger partial charge in [-0.05, 0) is 25.0 Å². The van der Waals surface area contributed by atoms with Crippen molar-refractivity contribution in [1.29, 1.82) is 0 Å². The van der Waals surface area contributed by atoms with Crippen LogP contribution in [0.3, 0.4) is 0 Å². The lowest BCUT2D eigenvalue weighted by atomic mass is 10.1. The van der Waals surface area contributed by atoms with E-state index in [2.05, 4.69) is 49.1 Å². The van der Waals surface area contributed by atoms with E-state index in [1.807, 2.05) is 0 Å². The molecule has 1 heteroatoms. The zero-order valence-corrected chi connectivity index (χ0v) is 15.0. The van der Waals surface area contributed by atoms with Crippen molar-refractivity contribution in [1.82, 2.24) is 0 Å². The fourth-order valence-electron chi connectivity index (χ4n) is 3.00. The molecule has 0 aliphatic rings. The Labute approximate surface area is 139 Å². The van der Waals surface area contributed by atoms with E-state index in [4.69, 9.17) is 0 Å². The van der Waals surface area contributed by atoms with Crippen molar-refractivity contribution in [3.8, 4) is 0 Å². The van der Waals surface area contributed by atoms with Gasteiger partial charge >= 0.3 is 0 Å². The summed E-state index contributed by atoms with van der Waals surface area (Å²) in [6.07, 6.45) is 15.2. The molecule has 126 valence electrons. The zero-order chi connectivity index (χ0) is 15.9. The van der Waals surface area contributed by atoms with Gasteiger partial charge in [-0.25, -0.2) is 0 Å². The third-order valence-electron chi connectivity index (χ3n) is 4.43. The van der Waals surface area contributed by atoms with Gasteiger partial charge in [0.1, 0.15) is 0 Å². The summed E-state index contributed by atoms with van der Waals surface area (Å²) < 4.78 is 0. The van der Waals surface area contributed by atoms with Gasteiger partial charge in [0.15, 0.2) is 0 Å². The van der Waals surface area contributed by atoms with Crippen molar-refractivity contribution >= 4 is 5.69 Å². The van der Waals surface area contributed by atoms with Crippen molar-refractivity contribution in [2.75, 3.05) is 18.0 Å². The van der Waals surface area contributed by atoms with Gasteiger partial charge in [0, 0.05) is 18.8 Å². The molecule has 0 spiro atoms. The summed E-state index contributed by atoms with van der Waals surface area (Å²) in [7, 11) is 0. The van der Waals surface area contributed by atoms with E-state index >= 15 is 0 Å². The average molecular weight is 304 g/mol. The van der Waals surface area contributed by atoms with Crippen LogP contribution in [0.1, 0.15) is 84.5 Å². The predicted molar refractivity (Wildman–Crippen MR) is 101 cm³/mol. The van der Waals surface area contributed by atoms with Crippen LogP contribution in [0.2, 0.25) is 0 Å². The van der Waals surface area contributed by atoms with E-state index < -0.39 is 0 Å². The highest BCUT2D eigenvalue weighted by Crippen LogP contribution is 2.16. The third kappa shape index (κ3) is 9.12. The fraction of sp³-hybridized carbons (Fsp3) is 0.714. The first-order valence-electron chi connectivity index (χ1n) is 9.68. The first-order valence-corrected chi connectivity index (χ1v) is 9.68. The maximum atomic E-state index is 2.60. The van der Waals surface area contributed by atoms with Gasteiger partial charge in [-0.3, -0.25) is 0 Å². The van der Waals surface area contributed by atoms with Crippen LogP contribution in [0.15, 0.2) is 30.3 Å². The summed E-state index contributed by atoms with van der Waals surface area (Å²) in [5.74, 6) is 0. The number of hydrogen-bond acceptors (Lipinski definition) is 1. The molecule has 0 fully saturated rings. The lowest BCUT2D eigenvalue weighted by molar-refractivity contribution is 0.575. The fourth-order valence-corrected chi connectivity index (χ4v) is 3.00. The van der Waals surface area contributed by atoms with E-state index in [1.54, 1.807) is 0 Å². The standard InChI is InChI=1S/C21H37N/c1-3-5-7-9-10-11-16-20-22(19-15-8-6-4-2)21-17-13-12-14-18-21/h12-14,17-18H,3-11,15-16,19-20H2,1-2H3. The monoisotopic (exact) mass is 303 g/mol. The Morgan fingerprint density at radius 3 is 1.59 bits per heavy atom. The molecule has 1 aromatic carbocycles. The molecule has 0 aliphatic heterocycles. The molecular weight excluding hydrogens is 266 g/mol. The molecule has 0 radical (unpaired) electrons. The van der Waals surface area contributed by atoms with Crippen molar-refractivity contribution in [3.63, 3.8) is 0 Å². The van der Waals surface area contributed by atoms with E-state index in [0.29, 0.717) is 0 Å². The van der Waals surface area contributed by atoms with Crippen LogP contribution < -0.4 is 4.90 Å². The number of unbranched alkanes of at least 4 members (excludes halogenated alkanes) is 9. The van der Waals surface area contributed by atoms with Gasteiger partial charge < -0.3 is 4.90 Å². The molecule has 1 aromatic rings. The number of rotatable bonds is 14. The number of benzene rings is 1. The topological polar surface area (TPSA) is 3.24 Å². The predicted octanol–water partition coefficient (Wildman–Crippen LogP) is 6.82. The first kappa shape index (κ1) is 19.1. The molecule has 0 unspecified atom stereocenters. The summed E-state index contributed by atoms with van der Waals surface area (Å²) in [4.78, 5) is 2.60. The van der Waals surface area contributed by atoms with Crippen LogP contribution in [0.25, 0.3) is 0 Å². The quantitative estimate of drug-likeness (QED) is 0.341. The lowest BCUT2D eigenvalue weighted by Gasteiger charge is -2.25. The van der Waals surface area contributed by atoms with Crippen LogP contribution in [-0.4, -0.2) is 13.1 Å². The molecule has 0 atom stereocenters. The van der Waals surface area contributed by atoms with Crippen molar-refractivity contribution in [2.24, 2.45) is 0 Å². The molecule has 0 bridgehead atoms. The first-order chi connectivity index (χ1) is 10.9. The van der Waals surface area contributed by atoms with Gasteiger partial charge in [-0.15, -0.1) is 0 Å². The zero-order valence-electron chi connectivity index (χ0n) is 15.0. The lowest BCUT2D eigenvalue weighted by Crippen LogP contribution is -2.25. The summed E-state index contributed by atoms with van der Waals surface area (Å²) in [5.41, 5.74) is 1.41. The van der Waals surface area contributed by atoms with E-state index in [9.17, 15) is 0 Å². The molecule has 0 aromatic heterocycles. The molecule has 0 heterocycles. The largest absolute Gasteiger partial charge is 0.372 e. The number of anilines is 1. The maximum Gasteiger partial charge on any atom is 0.0366 e.